The molecular formula is C40H63N3O8. The zero-order chi connectivity index (χ0) is 37.4. The Balaban J connectivity index is 1.24. The number of ketones is 3. The average Bonchev–Trinajstić information content (AvgIpc) is 3.69. The van der Waals surface area contributed by atoms with Gasteiger partial charge in [-0.25, -0.2) is 9.59 Å². The number of hydrogen-bond donors (Lipinski definition) is 1. The first-order valence-corrected chi connectivity index (χ1v) is 19.1. The van der Waals surface area contributed by atoms with Crippen LogP contribution in [0.3, 0.4) is 0 Å². The second-order valence-electron chi connectivity index (χ2n) is 15.0. The van der Waals surface area contributed by atoms with E-state index in [1.807, 2.05) is 32.0 Å². The van der Waals surface area contributed by atoms with E-state index in [-0.39, 0.29) is 35.6 Å². The van der Waals surface area contributed by atoms with Gasteiger partial charge in [0.1, 0.15) is 29.2 Å². The van der Waals surface area contributed by atoms with E-state index in [0.717, 1.165) is 77.0 Å². The number of benzene rings is 1. The molecule has 2 saturated heterocycles. The summed E-state index contributed by atoms with van der Waals surface area (Å²) in [5.74, 6) is 0.609. The lowest BCUT2D eigenvalue weighted by Gasteiger charge is -2.31. The van der Waals surface area contributed by atoms with Gasteiger partial charge in [0.15, 0.2) is 0 Å². The van der Waals surface area contributed by atoms with Crippen molar-refractivity contribution in [2.75, 3.05) is 46.9 Å². The zero-order valence-electron chi connectivity index (χ0n) is 32.1. The maximum Gasteiger partial charge on any atom is 0.409 e. The Hall–Kier alpha value is -3.31. The van der Waals surface area contributed by atoms with Crippen LogP contribution in [-0.2, 0) is 23.9 Å². The summed E-state index contributed by atoms with van der Waals surface area (Å²) >= 11 is 0. The second kappa shape index (κ2) is 20.7. The quantitative estimate of drug-likeness (QED) is 0.0984. The van der Waals surface area contributed by atoms with Gasteiger partial charge in [0.2, 0.25) is 0 Å². The topological polar surface area (TPSA) is 132 Å². The van der Waals surface area contributed by atoms with E-state index in [0.29, 0.717) is 57.0 Å². The first-order chi connectivity index (χ1) is 24.3. The lowest BCUT2D eigenvalue weighted by atomic mass is 9.83. The summed E-state index contributed by atoms with van der Waals surface area (Å²) < 4.78 is 17.0. The van der Waals surface area contributed by atoms with Gasteiger partial charge in [-0.1, -0.05) is 64.4 Å². The molecule has 3 rings (SSSR count). The molecular weight excluding hydrogens is 650 g/mol. The molecule has 11 nitrogen and oxygen atoms in total. The SMILES string of the molecule is CNC(CCCCCCCCOC(=O)N1CC[C@@](C)(C(C)=O)C1)(CCCCCCOc1cccc(C(=O)O[C@H]2C[C@H](C(C)=O)N(C)C2)c1)C(C)=O. The van der Waals surface area contributed by atoms with Gasteiger partial charge in [0.05, 0.1) is 30.4 Å². The second-order valence-corrected chi connectivity index (χ2v) is 15.0. The Labute approximate surface area is 305 Å². The lowest BCUT2D eigenvalue weighted by Crippen LogP contribution is -2.49. The Kier molecular flexibility index (Phi) is 17.1. The number of carbonyl (C=O) groups is 5. The molecule has 1 aromatic carbocycles. The molecule has 2 fully saturated rings. The van der Waals surface area contributed by atoms with Crippen LogP contribution < -0.4 is 10.1 Å². The standard InChI is InChI=1S/C40H63N3O8/c1-30(44)36-27-35(28-42(36)6)51-37(47)33-18-17-19-34(26-33)49-24-15-12-10-14-21-40(41-5,32(3)46)20-13-9-7-8-11-16-25-50-38(48)43-23-22-39(4,29-43)31(2)45/h17-19,26,35-36,41H,7-16,20-25,27-29H2,1-6H3/t35-,36+,39+,40?/m0/s1. The van der Waals surface area contributed by atoms with Crippen LogP contribution in [-0.4, -0.2) is 104 Å². The Morgan fingerprint density at radius 1 is 0.902 bits per heavy atom. The van der Waals surface area contributed by atoms with Crippen molar-refractivity contribution < 1.29 is 38.2 Å². The average molecular weight is 714 g/mol. The number of Topliss-reactive ketones (excluding diaryl/α,β-unsaturated/α-hetero) is 3. The van der Waals surface area contributed by atoms with Crippen LogP contribution in [0.5, 0.6) is 5.75 Å². The van der Waals surface area contributed by atoms with E-state index >= 15 is 0 Å². The third-order valence-electron chi connectivity index (χ3n) is 11.0. The number of nitrogens with one attached hydrogen (secondary N) is 1. The van der Waals surface area contributed by atoms with Crippen LogP contribution in [0.15, 0.2) is 24.3 Å². The molecule has 2 aliphatic heterocycles. The highest BCUT2D eigenvalue weighted by molar-refractivity contribution is 5.90. The smallest absolute Gasteiger partial charge is 0.409 e. The fourth-order valence-electron chi connectivity index (χ4n) is 7.31. The van der Waals surface area contributed by atoms with E-state index in [4.69, 9.17) is 14.2 Å². The fourth-order valence-corrected chi connectivity index (χ4v) is 7.31. The Morgan fingerprint density at radius 3 is 2.10 bits per heavy atom. The molecule has 286 valence electrons. The van der Waals surface area contributed by atoms with Crippen molar-refractivity contribution in [2.24, 2.45) is 5.41 Å². The van der Waals surface area contributed by atoms with Crippen molar-refractivity contribution in [3.63, 3.8) is 0 Å². The highest BCUT2D eigenvalue weighted by atomic mass is 16.6. The lowest BCUT2D eigenvalue weighted by molar-refractivity contribution is -0.125. The number of likely N-dealkylation sites (N-methyl/N-ethyl adjacent to an activating group) is 2. The summed E-state index contributed by atoms with van der Waals surface area (Å²) in [6.45, 7) is 9.25. The minimum Gasteiger partial charge on any atom is -0.494 e. The van der Waals surface area contributed by atoms with Gasteiger partial charge >= 0.3 is 12.1 Å². The highest BCUT2D eigenvalue weighted by Crippen LogP contribution is 2.31. The predicted octanol–water partition coefficient (Wildman–Crippen LogP) is 6.55. The molecule has 1 amide bonds. The number of nitrogens with zero attached hydrogens (tertiary/aromatic N) is 2. The first kappa shape index (κ1) is 42.1. The van der Waals surface area contributed by atoms with Crippen LogP contribution in [0.25, 0.3) is 0 Å². The molecule has 1 N–H and O–H groups in total. The molecule has 11 heteroatoms. The Bertz CT molecular complexity index is 1320. The summed E-state index contributed by atoms with van der Waals surface area (Å²) in [5.41, 5.74) is -0.504. The largest absolute Gasteiger partial charge is 0.494 e. The van der Waals surface area contributed by atoms with Crippen molar-refractivity contribution in [3.8, 4) is 5.75 Å². The molecule has 0 spiro atoms. The number of amides is 1. The van der Waals surface area contributed by atoms with Crippen molar-refractivity contribution in [2.45, 2.75) is 135 Å². The fraction of sp³-hybridized carbons (Fsp3) is 0.725. The van der Waals surface area contributed by atoms with Gasteiger partial charge in [-0.15, -0.1) is 0 Å². The Morgan fingerprint density at radius 2 is 1.53 bits per heavy atom. The van der Waals surface area contributed by atoms with E-state index in [2.05, 4.69) is 5.32 Å². The third-order valence-corrected chi connectivity index (χ3v) is 11.0. The minimum atomic E-state index is -0.491. The van der Waals surface area contributed by atoms with Crippen LogP contribution in [0.2, 0.25) is 0 Å². The van der Waals surface area contributed by atoms with Crippen LogP contribution in [0.1, 0.15) is 128 Å². The molecule has 0 aromatic heterocycles. The molecule has 0 radical (unpaired) electrons. The van der Waals surface area contributed by atoms with Gasteiger partial charge in [-0.2, -0.15) is 0 Å². The molecule has 2 aliphatic rings. The summed E-state index contributed by atoms with van der Waals surface area (Å²) in [6.07, 6.45) is 12.0. The molecule has 2 heterocycles. The van der Waals surface area contributed by atoms with Gasteiger partial charge in [-0.3, -0.25) is 19.3 Å². The minimum absolute atomic E-state index is 0.0831. The highest BCUT2D eigenvalue weighted by Gasteiger charge is 2.40. The zero-order valence-corrected chi connectivity index (χ0v) is 32.1. The predicted molar refractivity (Wildman–Crippen MR) is 197 cm³/mol. The summed E-state index contributed by atoms with van der Waals surface area (Å²) in [6, 6.07) is 6.83. The molecule has 51 heavy (non-hydrogen) atoms. The van der Waals surface area contributed by atoms with Crippen LogP contribution >= 0.6 is 0 Å². The van der Waals surface area contributed by atoms with Gasteiger partial charge in [-0.05, 0) is 85.2 Å². The van der Waals surface area contributed by atoms with Crippen molar-refractivity contribution >= 4 is 29.4 Å². The van der Waals surface area contributed by atoms with Crippen LogP contribution in [0.4, 0.5) is 4.79 Å². The van der Waals surface area contributed by atoms with Gasteiger partial charge in [0, 0.05) is 31.5 Å². The maximum atomic E-state index is 12.7. The van der Waals surface area contributed by atoms with E-state index in [1.54, 1.807) is 43.9 Å². The first-order valence-electron chi connectivity index (χ1n) is 19.1. The summed E-state index contributed by atoms with van der Waals surface area (Å²) in [4.78, 5) is 65.0. The molecule has 1 aromatic rings. The van der Waals surface area contributed by atoms with E-state index < -0.39 is 16.9 Å². The molecule has 0 saturated carbocycles. The van der Waals surface area contributed by atoms with Crippen molar-refractivity contribution in [3.05, 3.63) is 29.8 Å². The third kappa shape index (κ3) is 13.0. The molecule has 1 unspecified atom stereocenters. The number of hydrogen-bond acceptors (Lipinski definition) is 10. The van der Waals surface area contributed by atoms with Crippen LogP contribution in [0, 0.1) is 5.41 Å². The number of ether oxygens (including phenoxy) is 3. The number of carbonyl (C=O) groups excluding carboxylic acids is 5. The summed E-state index contributed by atoms with van der Waals surface area (Å²) in [7, 11) is 3.76. The number of likely N-dealkylation sites (tertiary alicyclic amines) is 2. The normalized spacial score (nSPS) is 21.6. The molecule has 0 aliphatic carbocycles. The van der Waals surface area contributed by atoms with Gasteiger partial charge in [0.25, 0.3) is 0 Å². The number of unbranched alkanes of at least 4 members (excludes halogenated alkanes) is 8. The van der Waals surface area contributed by atoms with Crippen molar-refractivity contribution in [1.82, 2.24) is 15.1 Å². The van der Waals surface area contributed by atoms with Crippen molar-refractivity contribution in [1.29, 1.82) is 0 Å². The van der Waals surface area contributed by atoms with Gasteiger partial charge < -0.3 is 24.4 Å². The summed E-state index contributed by atoms with van der Waals surface area (Å²) in [5, 5.41) is 3.35. The molecule has 0 bridgehead atoms. The number of esters is 1. The maximum absolute atomic E-state index is 12.7. The monoisotopic (exact) mass is 713 g/mol. The van der Waals surface area contributed by atoms with E-state index in [1.165, 1.54) is 0 Å². The van der Waals surface area contributed by atoms with E-state index in [9.17, 15) is 24.0 Å². The number of rotatable bonds is 23. The molecule has 4 atom stereocenters.